The van der Waals surface area contributed by atoms with Crippen LogP contribution in [0.2, 0.25) is 0 Å². The zero-order chi connectivity index (χ0) is 54.5. The maximum absolute atomic E-state index is 15.0. The van der Waals surface area contributed by atoms with E-state index < -0.39 is 47.0 Å². The highest BCUT2D eigenvalue weighted by atomic mass is 19.4. The number of benzene rings is 9. The Morgan fingerprint density at radius 1 is 0.338 bits per heavy atom. The van der Waals surface area contributed by atoms with Gasteiger partial charge in [-0.3, -0.25) is 0 Å². The SMILES string of the molecule is Cc1cc(-c2ccc3c(c2)c2ccccc2n3-c2cc(-c3ccc(C#N)cc3C(F)(F)F)ccc2-c2ccc(C#N)cc2-n2c3ccccc3c3cc(-c4cc(C(F)(F)F)cc(C(F)(F)F)c4)ccc32)cc(C(F)(F)F)c1. The molecule has 2 aromatic heterocycles. The molecule has 0 amide bonds. The highest BCUT2D eigenvalue weighted by molar-refractivity contribution is 6.13. The quantitative estimate of drug-likeness (QED) is 0.156. The number of aryl methyl sites for hydroxylation is 1. The number of aromatic nitrogens is 2. The molecule has 11 rings (SSSR count). The molecule has 11 aromatic rings. The van der Waals surface area contributed by atoms with Gasteiger partial charge in [0.25, 0.3) is 0 Å². The number of rotatable bonds is 6. The predicted octanol–water partition coefficient (Wildman–Crippen LogP) is 18.7. The first-order chi connectivity index (χ1) is 36.5. The zero-order valence-corrected chi connectivity index (χ0v) is 39.6. The van der Waals surface area contributed by atoms with Crippen molar-refractivity contribution < 1.29 is 52.7 Å². The van der Waals surface area contributed by atoms with Gasteiger partial charge >= 0.3 is 24.7 Å². The lowest BCUT2D eigenvalue weighted by Crippen LogP contribution is -2.11. The van der Waals surface area contributed by atoms with E-state index >= 15 is 0 Å². The van der Waals surface area contributed by atoms with Crippen molar-refractivity contribution in [2.24, 2.45) is 0 Å². The Morgan fingerprint density at radius 3 is 1.25 bits per heavy atom. The second-order valence-electron chi connectivity index (χ2n) is 18.5. The van der Waals surface area contributed by atoms with Crippen LogP contribution >= 0.6 is 0 Å². The predicted molar refractivity (Wildman–Crippen MR) is 271 cm³/mol. The van der Waals surface area contributed by atoms with Gasteiger partial charge in [0.1, 0.15) is 0 Å². The van der Waals surface area contributed by atoms with Gasteiger partial charge in [-0.05, 0) is 143 Å². The van der Waals surface area contributed by atoms with E-state index in [9.17, 15) is 63.2 Å². The van der Waals surface area contributed by atoms with Gasteiger partial charge in [-0.2, -0.15) is 63.2 Å². The summed E-state index contributed by atoms with van der Waals surface area (Å²) in [5.41, 5.74) is -0.823. The van der Waals surface area contributed by atoms with Crippen LogP contribution in [0.25, 0.3) is 99.5 Å². The lowest BCUT2D eigenvalue weighted by atomic mass is 9.93. The summed E-state index contributed by atoms with van der Waals surface area (Å²) < 4.78 is 175. The minimum Gasteiger partial charge on any atom is -0.309 e. The lowest BCUT2D eigenvalue weighted by molar-refractivity contribution is -0.143. The number of alkyl halides is 12. The molecule has 9 aromatic carbocycles. The molecular weight excluding hydrogens is 1020 g/mol. The number of nitriles is 2. The van der Waals surface area contributed by atoms with E-state index in [4.69, 9.17) is 0 Å². The van der Waals surface area contributed by atoms with Crippen molar-refractivity contribution in [3.63, 3.8) is 0 Å². The molecule has 380 valence electrons. The molecule has 0 saturated carbocycles. The van der Waals surface area contributed by atoms with Gasteiger partial charge in [-0.25, -0.2) is 0 Å². The third-order valence-electron chi connectivity index (χ3n) is 13.7. The molecular formula is C61H32F12N4. The van der Waals surface area contributed by atoms with E-state index in [2.05, 4.69) is 6.07 Å². The number of halogens is 12. The van der Waals surface area contributed by atoms with Gasteiger partial charge in [0.05, 0.1) is 79.0 Å². The fraction of sp³-hybridized carbons (Fsp3) is 0.0820. The van der Waals surface area contributed by atoms with Crippen LogP contribution < -0.4 is 0 Å². The van der Waals surface area contributed by atoms with E-state index in [1.807, 2.05) is 10.6 Å². The molecule has 4 nitrogen and oxygen atoms in total. The normalized spacial score (nSPS) is 12.5. The van der Waals surface area contributed by atoms with Crippen LogP contribution in [0, 0.1) is 29.6 Å². The van der Waals surface area contributed by atoms with E-state index in [0.717, 1.165) is 18.2 Å². The first-order valence-corrected chi connectivity index (χ1v) is 23.4. The molecule has 0 bridgehead atoms. The molecule has 2 heterocycles. The Kier molecular flexibility index (Phi) is 11.6. The summed E-state index contributed by atoms with van der Waals surface area (Å²) in [6, 6.07) is 45.3. The second-order valence-corrected chi connectivity index (χ2v) is 18.5. The van der Waals surface area contributed by atoms with Crippen LogP contribution in [-0.2, 0) is 24.7 Å². The van der Waals surface area contributed by atoms with Gasteiger partial charge in [-0.15, -0.1) is 0 Å². The topological polar surface area (TPSA) is 57.4 Å². The summed E-state index contributed by atoms with van der Waals surface area (Å²) in [4.78, 5) is 0. The van der Waals surface area contributed by atoms with Crippen molar-refractivity contribution in [2.75, 3.05) is 0 Å². The van der Waals surface area contributed by atoms with E-state index in [0.29, 0.717) is 94.9 Å². The number of para-hydroxylation sites is 2. The first-order valence-electron chi connectivity index (χ1n) is 23.4. The molecule has 0 N–H and O–H groups in total. The highest BCUT2D eigenvalue weighted by Crippen LogP contribution is 2.47. The van der Waals surface area contributed by atoms with Crippen molar-refractivity contribution >= 4 is 43.6 Å². The molecule has 0 aliphatic carbocycles. The Labute approximate surface area is 429 Å². The third kappa shape index (κ3) is 8.85. The van der Waals surface area contributed by atoms with Crippen molar-refractivity contribution in [2.45, 2.75) is 31.6 Å². The fourth-order valence-corrected chi connectivity index (χ4v) is 10.3. The van der Waals surface area contributed by atoms with Crippen LogP contribution in [0.4, 0.5) is 52.7 Å². The summed E-state index contributed by atoms with van der Waals surface area (Å²) in [5, 5.41) is 22.2. The number of hydrogen-bond acceptors (Lipinski definition) is 2. The standard InChI is InChI=1S/C61H32F12N4/c1-33-20-39(24-41(21-33)58(62,63)64)36-13-18-55-49(27-36)46-7-3-5-9-53(46)77(55)57-29-38(44-15-10-34(31-74)22-51(44)61(71,72)73)12-17-48(57)47-16-11-35(32-75)23-56(47)76-52-8-4-2-6-45(52)50-28-37(14-19-54(50)76)40-25-42(59(65,66)67)30-43(26-40)60(68,69)70/h2-30H,1H3. The van der Waals surface area contributed by atoms with Gasteiger partial charge in [0.15, 0.2) is 0 Å². The number of nitrogens with zero attached hydrogens (tertiary/aromatic N) is 4. The van der Waals surface area contributed by atoms with Gasteiger partial charge in [0.2, 0.25) is 0 Å². The Bertz CT molecular complexity index is 4290. The van der Waals surface area contributed by atoms with Gasteiger partial charge in [-0.1, -0.05) is 78.9 Å². The maximum atomic E-state index is 15.0. The Balaban J connectivity index is 1.20. The lowest BCUT2D eigenvalue weighted by Gasteiger charge is -2.21. The fourth-order valence-electron chi connectivity index (χ4n) is 10.3. The molecule has 16 heteroatoms. The summed E-state index contributed by atoms with van der Waals surface area (Å²) in [6.07, 6.45) is -19.8. The largest absolute Gasteiger partial charge is 0.417 e. The van der Waals surface area contributed by atoms with Crippen LogP contribution in [0.15, 0.2) is 176 Å². The van der Waals surface area contributed by atoms with Crippen molar-refractivity contribution in [3.8, 4) is 68.0 Å². The summed E-state index contributed by atoms with van der Waals surface area (Å²) in [6.45, 7) is 1.56. The Hall–Kier alpha value is -9.28. The van der Waals surface area contributed by atoms with Crippen molar-refractivity contribution in [1.82, 2.24) is 9.13 Å². The number of hydrogen-bond donors (Lipinski definition) is 0. The molecule has 0 aliphatic rings. The van der Waals surface area contributed by atoms with Crippen LogP contribution in [0.3, 0.4) is 0 Å². The van der Waals surface area contributed by atoms with Gasteiger partial charge in [0, 0.05) is 32.7 Å². The summed E-state index contributed by atoms with van der Waals surface area (Å²) in [5.74, 6) is 0. The van der Waals surface area contributed by atoms with Gasteiger partial charge < -0.3 is 9.13 Å². The average Bonchev–Trinajstić information content (AvgIpc) is 3.93. The molecule has 0 saturated heterocycles. The highest BCUT2D eigenvalue weighted by Gasteiger charge is 2.38. The first kappa shape index (κ1) is 49.9. The minimum absolute atomic E-state index is 0.0413. The van der Waals surface area contributed by atoms with E-state index in [1.165, 1.54) is 30.3 Å². The monoisotopic (exact) mass is 1050 g/mol. The minimum atomic E-state index is -5.11. The average molecular weight is 1050 g/mol. The smallest absolute Gasteiger partial charge is 0.309 e. The van der Waals surface area contributed by atoms with E-state index in [-0.39, 0.29) is 39.4 Å². The van der Waals surface area contributed by atoms with Crippen LogP contribution in [0.5, 0.6) is 0 Å². The molecule has 0 aliphatic heterocycles. The maximum Gasteiger partial charge on any atom is 0.417 e. The summed E-state index contributed by atoms with van der Waals surface area (Å²) in [7, 11) is 0. The van der Waals surface area contributed by atoms with Crippen LogP contribution in [0.1, 0.15) is 38.9 Å². The van der Waals surface area contributed by atoms with Crippen LogP contribution in [-0.4, -0.2) is 9.13 Å². The zero-order valence-electron chi connectivity index (χ0n) is 39.6. The molecule has 0 radical (unpaired) electrons. The third-order valence-corrected chi connectivity index (χ3v) is 13.7. The van der Waals surface area contributed by atoms with Crippen molar-refractivity contribution in [1.29, 1.82) is 10.5 Å². The molecule has 77 heavy (non-hydrogen) atoms. The summed E-state index contributed by atoms with van der Waals surface area (Å²) >= 11 is 0. The molecule has 0 atom stereocenters. The molecule has 0 unspecified atom stereocenters. The Morgan fingerprint density at radius 2 is 0.753 bits per heavy atom. The number of fused-ring (bicyclic) bond motifs is 6. The molecule has 0 spiro atoms. The van der Waals surface area contributed by atoms with E-state index in [1.54, 1.807) is 121 Å². The second kappa shape index (κ2) is 17.9. The molecule has 0 fully saturated rings. The van der Waals surface area contributed by atoms with Crippen molar-refractivity contribution in [3.05, 3.63) is 215 Å².